The largest absolute Gasteiger partial charge is 0.512 e. The van der Waals surface area contributed by atoms with Crippen molar-refractivity contribution < 1.29 is 9.90 Å². The van der Waals surface area contributed by atoms with E-state index < -0.39 is 5.41 Å². The average Bonchev–Trinajstić information content (AvgIpc) is 2.56. The Morgan fingerprint density at radius 3 is 2.65 bits per heavy atom. The van der Waals surface area contributed by atoms with E-state index in [1.54, 1.807) is 0 Å². The van der Waals surface area contributed by atoms with E-state index >= 15 is 0 Å². The number of amides is 1. The molecule has 5 nitrogen and oxygen atoms in total. The molecule has 1 atom stereocenters. The number of hydrogen-bond donors (Lipinski definition) is 2. The molecule has 1 heterocycles. The number of nitrogens with zero attached hydrogens (tertiary/aromatic N) is 2. The van der Waals surface area contributed by atoms with Gasteiger partial charge in [-0.1, -0.05) is 44.5 Å². The second-order valence-corrected chi connectivity index (χ2v) is 8.29. The van der Waals surface area contributed by atoms with E-state index in [1.165, 1.54) is 11.6 Å². The van der Waals surface area contributed by atoms with Gasteiger partial charge in [-0.25, -0.2) is 0 Å². The Bertz CT molecular complexity index is 690. The number of hydrogen-bond acceptors (Lipinski definition) is 3. The van der Waals surface area contributed by atoms with E-state index in [-0.39, 0.29) is 23.4 Å². The molecule has 0 bridgehead atoms. The predicted molar refractivity (Wildman–Crippen MR) is 106 cm³/mol. The number of halogens is 1. The van der Waals surface area contributed by atoms with Crippen LogP contribution < -0.4 is 5.73 Å². The third kappa shape index (κ3) is 6.15. The van der Waals surface area contributed by atoms with Gasteiger partial charge in [0.15, 0.2) is 0 Å². The van der Waals surface area contributed by atoms with Gasteiger partial charge in [-0.15, -0.1) is 0 Å². The second kappa shape index (κ2) is 8.69. The van der Waals surface area contributed by atoms with Crippen LogP contribution in [0.4, 0.5) is 0 Å². The summed E-state index contributed by atoms with van der Waals surface area (Å²) < 4.78 is 0. The van der Waals surface area contributed by atoms with Crippen molar-refractivity contribution in [2.24, 2.45) is 22.1 Å². The first-order valence-electron chi connectivity index (χ1n) is 8.91. The highest BCUT2D eigenvalue weighted by atomic mass is 35.5. The number of benzene rings is 1. The molecule has 0 radical (unpaired) electrons. The van der Waals surface area contributed by atoms with Gasteiger partial charge in [-0.3, -0.25) is 9.69 Å². The first-order valence-corrected chi connectivity index (χ1v) is 9.29. The van der Waals surface area contributed by atoms with Crippen LogP contribution >= 0.6 is 11.6 Å². The van der Waals surface area contributed by atoms with Crippen LogP contribution in [0.15, 0.2) is 41.1 Å². The molecule has 1 amide bonds. The van der Waals surface area contributed by atoms with Crippen LogP contribution in [0.5, 0.6) is 0 Å². The van der Waals surface area contributed by atoms with E-state index in [0.29, 0.717) is 6.54 Å². The highest BCUT2D eigenvalue weighted by molar-refractivity contribution is 6.30. The van der Waals surface area contributed by atoms with Gasteiger partial charge in [0.1, 0.15) is 11.6 Å². The lowest BCUT2D eigenvalue weighted by Gasteiger charge is -2.31. The number of aliphatic hydroxyl groups excluding tert-OH is 1. The first kappa shape index (κ1) is 20.5. The lowest BCUT2D eigenvalue weighted by molar-refractivity contribution is -0.123. The number of aliphatic hydroxyl groups is 1. The number of carbonyl (C=O) groups is 1. The number of likely N-dealkylation sites (tertiary alicyclic amines) is 1. The van der Waals surface area contributed by atoms with Crippen molar-refractivity contribution >= 4 is 23.3 Å². The van der Waals surface area contributed by atoms with Crippen molar-refractivity contribution in [3.05, 3.63) is 46.7 Å². The normalized spacial score (nSPS) is 20.2. The molecule has 1 unspecified atom stereocenters. The van der Waals surface area contributed by atoms with Gasteiger partial charge in [0.2, 0.25) is 0 Å². The second-order valence-electron chi connectivity index (χ2n) is 7.86. The summed E-state index contributed by atoms with van der Waals surface area (Å²) >= 11 is 5.92. The molecule has 1 aromatic rings. The van der Waals surface area contributed by atoms with E-state index in [9.17, 15) is 9.90 Å². The van der Waals surface area contributed by atoms with E-state index in [4.69, 9.17) is 17.3 Å². The fourth-order valence-corrected chi connectivity index (χ4v) is 2.98. The number of nitrogens with two attached hydrogens (primary N) is 1. The Morgan fingerprint density at radius 2 is 2.04 bits per heavy atom. The number of amidine groups is 1. The fraction of sp³-hybridized carbons (Fsp3) is 0.500. The molecular weight excluding hydrogens is 350 g/mol. The standard InChI is InChI=1S/C20H28ClN3O2/c1-20(2,3)17(25)11-18(22)23-19(26)15-5-4-10-24(13-15)12-14-6-8-16(21)9-7-14/h6-9,11,15,25H,4-5,10,12-13H2,1-3H3,(H2,22,23,26)/b17-11-. The Hall–Kier alpha value is -1.85. The maximum Gasteiger partial charge on any atom is 0.252 e. The Balaban J connectivity index is 1.98. The smallest absolute Gasteiger partial charge is 0.252 e. The zero-order valence-corrected chi connectivity index (χ0v) is 16.5. The molecule has 142 valence electrons. The molecular formula is C20H28ClN3O2. The maximum absolute atomic E-state index is 12.5. The molecule has 0 aromatic heterocycles. The lowest BCUT2D eigenvalue weighted by atomic mass is 9.93. The summed E-state index contributed by atoms with van der Waals surface area (Å²) in [5.74, 6) is -0.224. The van der Waals surface area contributed by atoms with Crippen molar-refractivity contribution in [1.82, 2.24) is 4.90 Å². The van der Waals surface area contributed by atoms with Crippen LogP contribution in [0, 0.1) is 11.3 Å². The maximum atomic E-state index is 12.5. The first-order chi connectivity index (χ1) is 12.1. The van der Waals surface area contributed by atoms with Crippen molar-refractivity contribution in [3.63, 3.8) is 0 Å². The molecule has 1 aromatic carbocycles. The van der Waals surface area contributed by atoms with Crippen LogP contribution in [0.3, 0.4) is 0 Å². The molecule has 0 aliphatic carbocycles. The lowest BCUT2D eigenvalue weighted by Crippen LogP contribution is -2.38. The van der Waals surface area contributed by atoms with Gasteiger partial charge in [-0.2, -0.15) is 4.99 Å². The highest BCUT2D eigenvalue weighted by Gasteiger charge is 2.26. The molecule has 0 spiro atoms. The van der Waals surface area contributed by atoms with Gasteiger partial charge in [0.25, 0.3) is 5.91 Å². The topological polar surface area (TPSA) is 78.9 Å². The summed E-state index contributed by atoms with van der Waals surface area (Å²) in [6.45, 7) is 7.99. The van der Waals surface area contributed by atoms with Gasteiger partial charge in [0, 0.05) is 29.6 Å². The minimum atomic E-state index is -0.427. The van der Waals surface area contributed by atoms with Crippen LogP contribution in [-0.2, 0) is 11.3 Å². The van der Waals surface area contributed by atoms with Gasteiger partial charge in [0.05, 0.1) is 5.92 Å². The Labute approximate surface area is 160 Å². The molecule has 1 aliphatic heterocycles. The monoisotopic (exact) mass is 377 g/mol. The minimum Gasteiger partial charge on any atom is -0.512 e. The molecule has 6 heteroatoms. The number of allylic oxidation sites excluding steroid dienone is 1. The fourth-order valence-electron chi connectivity index (χ4n) is 2.86. The van der Waals surface area contributed by atoms with E-state index in [2.05, 4.69) is 9.89 Å². The minimum absolute atomic E-state index is 0.0530. The molecule has 0 saturated carbocycles. The van der Waals surface area contributed by atoms with Gasteiger partial charge < -0.3 is 10.8 Å². The van der Waals surface area contributed by atoms with E-state index in [1.807, 2.05) is 45.0 Å². The van der Waals surface area contributed by atoms with Crippen LogP contribution in [-0.4, -0.2) is 34.8 Å². The van der Waals surface area contributed by atoms with Gasteiger partial charge in [-0.05, 0) is 37.1 Å². The summed E-state index contributed by atoms with van der Waals surface area (Å²) in [5, 5.41) is 10.7. The van der Waals surface area contributed by atoms with Crippen LogP contribution in [0.2, 0.25) is 5.02 Å². The van der Waals surface area contributed by atoms with Crippen LogP contribution in [0.25, 0.3) is 0 Å². The van der Waals surface area contributed by atoms with E-state index in [0.717, 1.165) is 31.0 Å². The molecule has 1 saturated heterocycles. The summed E-state index contributed by atoms with van der Waals surface area (Å²) in [7, 11) is 0. The third-order valence-corrected chi connectivity index (χ3v) is 4.72. The zero-order valence-electron chi connectivity index (χ0n) is 15.7. The number of carbonyl (C=O) groups excluding carboxylic acids is 1. The molecule has 2 rings (SSSR count). The summed E-state index contributed by atoms with van der Waals surface area (Å²) in [4.78, 5) is 18.7. The zero-order chi connectivity index (χ0) is 19.3. The van der Waals surface area contributed by atoms with Crippen molar-refractivity contribution in [3.8, 4) is 0 Å². The molecule has 3 N–H and O–H groups in total. The summed E-state index contributed by atoms with van der Waals surface area (Å²) in [5.41, 5.74) is 6.56. The molecule has 1 fully saturated rings. The van der Waals surface area contributed by atoms with Crippen molar-refractivity contribution in [2.75, 3.05) is 13.1 Å². The average molecular weight is 378 g/mol. The highest BCUT2D eigenvalue weighted by Crippen LogP contribution is 2.23. The Kier molecular flexibility index (Phi) is 6.84. The molecule has 26 heavy (non-hydrogen) atoms. The number of piperidine rings is 1. The van der Waals surface area contributed by atoms with Crippen LogP contribution in [0.1, 0.15) is 39.2 Å². The van der Waals surface area contributed by atoms with Crippen molar-refractivity contribution in [2.45, 2.75) is 40.2 Å². The Morgan fingerprint density at radius 1 is 1.38 bits per heavy atom. The van der Waals surface area contributed by atoms with Gasteiger partial charge >= 0.3 is 0 Å². The SMILES string of the molecule is CC(C)(C)/C(O)=C/C(N)=NC(=O)C1CCCN(Cc2ccc(Cl)cc2)C1. The quantitative estimate of drug-likeness (QED) is 0.473. The predicted octanol–water partition coefficient (Wildman–Crippen LogP) is 3.92. The number of aliphatic imine (C=N–C) groups is 1. The summed E-state index contributed by atoms with van der Waals surface area (Å²) in [6.07, 6.45) is 3.12. The van der Waals surface area contributed by atoms with Crippen molar-refractivity contribution in [1.29, 1.82) is 0 Å². The third-order valence-electron chi connectivity index (χ3n) is 4.47. The molecule has 1 aliphatic rings. The number of rotatable bonds is 4. The summed E-state index contributed by atoms with van der Waals surface area (Å²) in [6, 6.07) is 7.76.